The van der Waals surface area contributed by atoms with Crippen molar-refractivity contribution in [1.29, 1.82) is 0 Å². The van der Waals surface area contributed by atoms with Crippen LogP contribution < -0.4 is 10.9 Å². The van der Waals surface area contributed by atoms with E-state index in [9.17, 15) is 4.79 Å². The Balaban J connectivity index is 2.44. The van der Waals surface area contributed by atoms with E-state index in [0.29, 0.717) is 10.9 Å². The van der Waals surface area contributed by atoms with Gasteiger partial charge < -0.3 is 10.3 Å². The van der Waals surface area contributed by atoms with E-state index >= 15 is 0 Å². The minimum absolute atomic E-state index is 0.156. The first kappa shape index (κ1) is 14.5. The van der Waals surface area contributed by atoms with Crippen LogP contribution in [0.2, 0.25) is 0 Å². The van der Waals surface area contributed by atoms with Gasteiger partial charge in [0, 0.05) is 30.8 Å². The first-order valence-electron chi connectivity index (χ1n) is 6.34. The van der Waals surface area contributed by atoms with Gasteiger partial charge in [-0.3, -0.25) is 4.79 Å². The molecule has 0 amide bonds. The summed E-state index contributed by atoms with van der Waals surface area (Å²) in [6.07, 6.45) is 0.750. The van der Waals surface area contributed by atoms with E-state index in [1.807, 2.05) is 20.9 Å². The van der Waals surface area contributed by atoms with Crippen molar-refractivity contribution in [2.75, 3.05) is 12.4 Å². The molecule has 0 unspecified atom stereocenters. The summed E-state index contributed by atoms with van der Waals surface area (Å²) < 4.78 is 0. The Bertz CT molecular complexity index is 683. The van der Waals surface area contributed by atoms with Gasteiger partial charge in [-0.15, -0.1) is 0 Å². The largest absolute Gasteiger partial charge is 0.373 e. The second kappa shape index (κ2) is 6.04. The molecular weight excluding hydrogens is 274 g/mol. The van der Waals surface area contributed by atoms with Crippen LogP contribution in [0, 0.1) is 13.8 Å². The lowest BCUT2D eigenvalue weighted by molar-refractivity contribution is 0.862. The molecule has 6 nitrogen and oxygen atoms in total. The summed E-state index contributed by atoms with van der Waals surface area (Å²) in [5.41, 5.74) is 1.47. The standard InChI is InChI=1S/C13H17N5OS/c1-5-9-16-11(14-4)8(3)12(17-9)20-13-15-7(2)6-10(19)18-13/h6H,5H2,1-4H3,(H,14,16,17)(H,15,18,19). The normalized spacial score (nSPS) is 10.6. The van der Waals surface area contributed by atoms with E-state index in [-0.39, 0.29) is 5.56 Å². The lowest BCUT2D eigenvalue weighted by Crippen LogP contribution is -2.09. The maximum Gasteiger partial charge on any atom is 0.251 e. The molecule has 0 aromatic carbocycles. The number of aromatic nitrogens is 4. The molecule has 0 saturated heterocycles. The average molecular weight is 291 g/mol. The van der Waals surface area contributed by atoms with Crippen molar-refractivity contribution < 1.29 is 0 Å². The molecule has 2 heterocycles. The fourth-order valence-corrected chi connectivity index (χ4v) is 2.66. The molecule has 0 radical (unpaired) electrons. The van der Waals surface area contributed by atoms with E-state index in [1.54, 1.807) is 6.92 Å². The summed E-state index contributed by atoms with van der Waals surface area (Å²) in [5, 5.41) is 4.41. The number of nitrogens with one attached hydrogen (secondary N) is 2. The van der Waals surface area contributed by atoms with Crippen molar-refractivity contribution in [2.45, 2.75) is 37.4 Å². The van der Waals surface area contributed by atoms with Gasteiger partial charge in [-0.2, -0.15) is 0 Å². The second-order valence-electron chi connectivity index (χ2n) is 4.32. The van der Waals surface area contributed by atoms with E-state index in [2.05, 4.69) is 25.3 Å². The number of H-pyrrole nitrogens is 1. The molecule has 2 aromatic heterocycles. The van der Waals surface area contributed by atoms with E-state index in [4.69, 9.17) is 0 Å². The third kappa shape index (κ3) is 3.16. The molecule has 7 heteroatoms. The Kier molecular flexibility index (Phi) is 4.39. The van der Waals surface area contributed by atoms with Crippen LogP contribution in [0.25, 0.3) is 0 Å². The van der Waals surface area contributed by atoms with Gasteiger partial charge in [-0.05, 0) is 25.6 Å². The van der Waals surface area contributed by atoms with Crippen LogP contribution >= 0.6 is 11.8 Å². The predicted octanol–water partition coefficient (Wildman–Crippen LogP) is 1.93. The van der Waals surface area contributed by atoms with Crippen LogP contribution in [0.4, 0.5) is 5.82 Å². The predicted molar refractivity (Wildman–Crippen MR) is 79.4 cm³/mol. The van der Waals surface area contributed by atoms with E-state index < -0.39 is 0 Å². The first-order chi connectivity index (χ1) is 9.53. The number of aryl methyl sites for hydroxylation is 2. The molecule has 2 rings (SSSR count). The van der Waals surface area contributed by atoms with Crippen LogP contribution in [0.5, 0.6) is 0 Å². The highest BCUT2D eigenvalue weighted by Gasteiger charge is 2.12. The fourth-order valence-electron chi connectivity index (χ4n) is 1.73. The molecule has 0 aliphatic heterocycles. The zero-order valence-electron chi connectivity index (χ0n) is 11.9. The van der Waals surface area contributed by atoms with E-state index in [0.717, 1.165) is 28.7 Å². The SMILES string of the molecule is CCc1nc(NC)c(C)c(Sc2nc(C)cc(=O)[nH]2)n1. The molecule has 20 heavy (non-hydrogen) atoms. The molecule has 0 saturated carbocycles. The van der Waals surface area contributed by atoms with Crippen molar-refractivity contribution in [3.05, 3.63) is 33.5 Å². The van der Waals surface area contributed by atoms with Gasteiger partial charge >= 0.3 is 0 Å². The van der Waals surface area contributed by atoms with Gasteiger partial charge in [0.1, 0.15) is 16.7 Å². The Morgan fingerprint density at radius 3 is 2.65 bits per heavy atom. The highest BCUT2D eigenvalue weighted by molar-refractivity contribution is 7.99. The van der Waals surface area contributed by atoms with Gasteiger partial charge in [0.2, 0.25) is 0 Å². The smallest absolute Gasteiger partial charge is 0.251 e. The monoisotopic (exact) mass is 291 g/mol. The maximum absolute atomic E-state index is 11.5. The van der Waals surface area contributed by atoms with Crippen molar-refractivity contribution in [2.24, 2.45) is 0 Å². The summed E-state index contributed by atoms with van der Waals surface area (Å²) in [7, 11) is 1.83. The average Bonchev–Trinajstić information content (AvgIpc) is 2.40. The van der Waals surface area contributed by atoms with Crippen molar-refractivity contribution >= 4 is 17.6 Å². The minimum Gasteiger partial charge on any atom is -0.373 e. The number of rotatable bonds is 4. The van der Waals surface area contributed by atoms with Gasteiger partial charge in [0.25, 0.3) is 5.56 Å². The van der Waals surface area contributed by atoms with Crippen molar-refractivity contribution in [3.8, 4) is 0 Å². The van der Waals surface area contributed by atoms with Gasteiger partial charge in [0.15, 0.2) is 5.16 Å². The highest BCUT2D eigenvalue weighted by atomic mass is 32.2. The Morgan fingerprint density at radius 1 is 1.30 bits per heavy atom. The van der Waals surface area contributed by atoms with Crippen LogP contribution in [0.15, 0.2) is 21.0 Å². The molecule has 2 N–H and O–H groups in total. The fraction of sp³-hybridized carbons (Fsp3) is 0.385. The summed E-state index contributed by atoms with van der Waals surface area (Å²) in [5.74, 6) is 1.56. The summed E-state index contributed by atoms with van der Waals surface area (Å²) >= 11 is 1.34. The molecule has 0 atom stereocenters. The van der Waals surface area contributed by atoms with Crippen LogP contribution in [-0.4, -0.2) is 27.0 Å². The zero-order valence-corrected chi connectivity index (χ0v) is 12.8. The first-order valence-corrected chi connectivity index (χ1v) is 7.16. The number of hydrogen-bond acceptors (Lipinski definition) is 6. The van der Waals surface area contributed by atoms with Crippen molar-refractivity contribution in [1.82, 2.24) is 19.9 Å². The molecule has 0 bridgehead atoms. The maximum atomic E-state index is 11.5. The second-order valence-corrected chi connectivity index (χ2v) is 5.29. The lowest BCUT2D eigenvalue weighted by atomic mass is 10.3. The Labute approximate surface area is 121 Å². The molecule has 0 spiro atoms. The van der Waals surface area contributed by atoms with Crippen LogP contribution in [0.1, 0.15) is 24.0 Å². The summed E-state index contributed by atoms with van der Waals surface area (Å²) in [4.78, 5) is 27.4. The van der Waals surface area contributed by atoms with Crippen LogP contribution in [-0.2, 0) is 6.42 Å². The van der Waals surface area contributed by atoms with Crippen LogP contribution in [0.3, 0.4) is 0 Å². The quantitative estimate of drug-likeness (QED) is 0.661. The number of aromatic amines is 1. The third-order valence-corrected chi connectivity index (χ3v) is 3.72. The number of hydrogen-bond donors (Lipinski definition) is 2. The summed E-state index contributed by atoms with van der Waals surface area (Å²) in [6, 6.07) is 1.47. The molecule has 0 aliphatic carbocycles. The highest BCUT2D eigenvalue weighted by Crippen LogP contribution is 2.28. The third-order valence-electron chi connectivity index (χ3n) is 2.74. The molecule has 0 aliphatic rings. The Morgan fingerprint density at radius 2 is 2.05 bits per heavy atom. The van der Waals surface area contributed by atoms with Gasteiger partial charge in [-0.25, -0.2) is 15.0 Å². The lowest BCUT2D eigenvalue weighted by Gasteiger charge is -2.10. The van der Waals surface area contributed by atoms with E-state index in [1.165, 1.54) is 17.8 Å². The van der Waals surface area contributed by atoms with Gasteiger partial charge in [-0.1, -0.05) is 6.92 Å². The van der Waals surface area contributed by atoms with Crippen molar-refractivity contribution in [3.63, 3.8) is 0 Å². The Hall–Kier alpha value is -1.89. The topological polar surface area (TPSA) is 83.6 Å². The number of anilines is 1. The molecule has 0 fully saturated rings. The molecular formula is C13H17N5OS. The van der Waals surface area contributed by atoms with Gasteiger partial charge in [0.05, 0.1) is 0 Å². The number of nitrogens with zero attached hydrogens (tertiary/aromatic N) is 3. The zero-order chi connectivity index (χ0) is 14.7. The molecule has 2 aromatic rings. The minimum atomic E-state index is -0.156. The summed E-state index contributed by atoms with van der Waals surface area (Å²) in [6.45, 7) is 5.75. The molecule has 106 valence electrons.